The Morgan fingerprint density at radius 3 is 2.57 bits per heavy atom. The molecule has 5 nitrogen and oxygen atoms in total. The molecule has 2 amide bonds. The third-order valence-electron chi connectivity index (χ3n) is 5.80. The Labute approximate surface area is 212 Å². The van der Waals surface area contributed by atoms with Gasteiger partial charge in [0.05, 0.1) is 18.7 Å². The SMILES string of the molecule is CCCCOc1cc(Br)ccc1[C@@H]1[C@H](/C=C/C(=O)c2ccc(F)cc2)NC(=O)N1c1ccccc1. The standard InChI is InChI=1S/C28H26BrFN2O3/c1-2-3-17-35-26-18-20(29)11-14-23(26)27-24(15-16-25(33)19-9-12-21(30)13-10-19)31-28(34)32(27)22-7-5-4-6-8-22/h4-16,18,24,27H,2-3,17H2,1H3,(H,31,34)/b16-15+/t24-,27+/m0/s1. The van der Waals surface area contributed by atoms with E-state index in [1.54, 1.807) is 11.0 Å². The van der Waals surface area contributed by atoms with Crippen LogP contribution in [0.1, 0.15) is 41.7 Å². The topological polar surface area (TPSA) is 58.6 Å². The molecule has 0 aromatic heterocycles. The zero-order valence-corrected chi connectivity index (χ0v) is 20.9. The van der Waals surface area contributed by atoms with Crippen LogP contribution in [0.5, 0.6) is 5.75 Å². The average molecular weight is 537 g/mol. The summed E-state index contributed by atoms with van der Waals surface area (Å²) in [4.78, 5) is 27.6. The minimum atomic E-state index is -0.498. The molecule has 3 aromatic rings. The van der Waals surface area contributed by atoms with Gasteiger partial charge in [0.15, 0.2) is 5.78 Å². The van der Waals surface area contributed by atoms with E-state index in [-0.39, 0.29) is 11.8 Å². The number of rotatable bonds is 9. The number of benzene rings is 3. The molecule has 35 heavy (non-hydrogen) atoms. The van der Waals surface area contributed by atoms with Crippen molar-refractivity contribution in [3.63, 3.8) is 0 Å². The number of unbranched alkanes of at least 4 members (excludes halogenated alkanes) is 1. The number of ketones is 1. The van der Waals surface area contributed by atoms with Crippen LogP contribution in [0.15, 0.2) is 89.4 Å². The number of carbonyl (C=O) groups is 2. The monoisotopic (exact) mass is 536 g/mol. The molecule has 0 spiro atoms. The Hall–Kier alpha value is -3.45. The van der Waals surface area contributed by atoms with E-state index in [1.807, 2.05) is 48.5 Å². The lowest BCUT2D eigenvalue weighted by atomic mass is 9.97. The van der Waals surface area contributed by atoms with Gasteiger partial charge in [-0.1, -0.05) is 59.6 Å². The van der Waals surface area contributed by atoms with Crippen LogP contribution < -0.4 is 15.0 Å². The van der Waals surface area contributed by atoms with Crippen LogP contribution in [0, 0.1) is 5.82 Å². The molecule has 0 unspecified atom stereocenters. The Bertz CT molecular complexity index is 1210. The normalized spacial score (nSPS) is 17.6. The number of nitrogens with one attached hydrogen (secondary N) is 1. The zero-order chi connectivity index (χ0) is 24.8. The van der Waals surface area contributed by atoms with E-state index >= 15 is 0 Å². The van der Waals surface area contributed by atoms with Gasteiger partial charge in [-0.2, -0.15) is 0 Å². The molecule has 2 atom stereocenters. The number of para-hydroxylation sites is 1. The molecule has 3 aromatic carbocycles. The highest BCUT2D eigenvalue weighted by atomic mass is 79.9. The molecule has 0 radical (unpaired) electrons. The van der Waals surface area contributed by atoms with Gasteiger partial charge in [-0.05, 0) is 61.0 Å². The van der Waals surface area contributed by atoms with E-state index < -0.39 is 17.9 Å². The summed E-state index contributed by atoms with van der Waals surface area (Å²) >= 11 is 3.52. The summed E-state index contributed by atoms with van der Waals surface area (Å²) in [5, 5.41) is 3.00. The van der Waals surface area contributed by atoms with Gasteiger partial charge >= 0.3 is 6.03 Å². The second kappa shape index (κ2) is 11.3. The molecule has 0 bridgehead atoms. The molecule has 180 valence electrons. The zero-order valence-electron chi connectivity index (χ0n) is 19.3. The van der Waals surface area contributed by atoms with Gasteiger partial charge in [-0.3, -0.25) is 9.69 Å². The maximum atomic E-state index is 13.2. The van der Waals surface area contributed by atoms with Crippen molar-refractivity contribution in [3.05, 3.63) is 106 Å². The van der Waals surface area contributed by atoms with Gasteiger partial charge in [0.25, 0.3) is 0 Å². The molecule has 1 saturated heterocycles. The number of hydrogen-bond donors (Lipinski definition) is 1. The van der Waals surface area contributed by atoms with E-state index in [4.69, 9.17) is 4.74 Å². The van der Waals surface area contributed by atoms with Crippen LogP contribution in [0.4, 0.5) is 14.9 Å². The summed E-state index contributed by atoms with van der Waals surface area (Å²) in [5.41, 5.74) is 1.93. The largest absolute Gasteiger partial charge is 0.493 e. The maximum Gasteiger partial charge on any atom is 0.323 e. The number of amides is 2. The fraction of sp³-hybridized carbons (Fsp3) is 0.214. The number of ether oxygens (including phenoxy) is 1. The Balaban J connectivity index is 1.72. The first-order valence-electron chi connectivity index (χ1n) is 11.5. The lowest BCUT2D eigenvalue weighted by molar-refractivity contribution is 0.104. The van der Waals surface area contributed by atoms with Gasteiger partial charge in [0, 0.05) is 21.3 Å². The number of nitrogens with zero attached hydrogens (tertiary/aromatic N) is 1. The number of anilines is 1. The van der Waals surface area contributed by atoms with Crippen LogP contribution in [-0.2, 0) is 0 Å². The van der Waals surface area contributed by atoms with Gasteiger partial charge in [-0.25, -0.2) is 9.18 Å². The molecule has 1 heterocycles. The molecule has 1 aliphatic heterocycles. The second-order valence-corrected chi connectivity index (χ2v) is 9.16. The highest BCUT2D eigenvalue weighted by Crippen LogP contribution is 2.40. The highest BCUT2D eigenvalue weighted by Gasteiger charge is 2.41. The Morgan fingerprint density at radius 1 is 1.11 bits per heavy atom. The molecule has 7 heteroatoms. The summed E-state index contributed by atoms with van der Waals surface area (Å²) in [5.74, 6) is 0.00268. The van der Waals surface area contributed by atoms with Crippen molar-refractivity contribution in [2.24, 2.45) is 0 Å². The van der Waals surface area contributed by atoms with Crippen molar-refractivity contribution in [1.82, 2.24) is 5.32 Å². The van der Waals surface area contributed by atoms with Crippen molar-refractivity contribution in [3.8, 4) is 5.75 Å². The van der Waals surface area contributed by atoms with Gasteiger partial charge in [0.2, 0.25) is 0 Å². The third-order valence-corrected chi connectivity index (χ3v) is 6.29. The first-order chi connectivity index (χ1) is 17.0. The average Bonchev–Trinajstić information content (AvgIpc) is 3.19. The first-order valence-corrected chi connectivity index (χ1v) is 12.3. The fourth-order valence-electron chi connectivity index (χ4n) is 4.04. The third kappa shape index (κ3) is 5.80. The van der Waals surface area contributed by atoms with E-state index in [2.05, 4.69) is 28.2 Å². The second-order valence-electron chi connectivity index (χ2n) is 8.24. The lowest BCUT2D eigenvalue weighted by Crippen LogP contribution is -2.29. The van der Waals surface area contributed by atoms with Crippen molar-refractivity contribution < 1.29 is 18.7 Å². The molecule has 1 fully saturated rings. The van der Waals surface area contributed by atoms with Crippen molar-refractivity contribution in [2.75, 3.05) is 11.5 Å². The molecular weight excluding hydrogens is 511 g/mol. The van der Waals surface area contributed by atoms with Gasteiger partial charge in [0.1, 0.15) is 11.6 Å². The molecule has 1 N–H and O–H groups in total. The number of allylic oxidation sites excluding steroid dienone is 1. The molecule has 4 rings (SSSR count). The van der Waals surface area contributed by atoms with Crippen LogP contribution in [-0.4, -0.2) is 24.5 Å². The number of hydrogen-bond acceptors (Lipinski definition) is 3. The maximum absolute atomic E-state index is 13.2. The smallest absolute Gasteiger partial charge is 0.323 e. The molecule has 1 aliphatic rings. The van der Waals surface area contributed by atoms with Crippen molar-refractivity contribution >= 4 is 33.4 Å². The minimum Gasteiger partial charge on any atom is -0.493 e. The molecular formula is C28H26BrFN2O3. The van der Waals surface area contributed by atoms with E-state index in [0.29, 0.717) is 17.9 Å². The molecule has 0 aliphatic carbocycles. The fourth-order valence-corrected chi connectivity index (χ4v) is 4.38. The lowest BCUT2D eigenvalue weighted by Gasteiger charge is -2.27. The van der Waals surface area contributed by atoms with Crippen LogP contribution >= 0.6 is 15.9 Å². The van der Waals surface area contributed by atoms with E-state index in [1.165, 1.54) is 30.3 Å². The summed E-state index contributed by atoms with van der Waals surface area (Å²) < 4.78 is 20.2. The number of carbonyl (C=O) groups excluding carboxylic acids is 2. The van der Waals surface area contributed by atoms with Crippen LogP contribution in [0.3, 0.4) is 0 Å². The predicted octanol–water partition coefficient (Wildman–Crippen LogP) is 6.85. The highest BCUT2D eigenvalue weighted by molar-refractivity contribution is 9.10. The first kappa shape index (κ1) is 24.7. The number of urea groups is 1. The van der Waals surface area contributed by atoms with E-state index in [0.717, 1.165) is 28.6 Å². The Morgan fingerprint density at radius 2 is 1.86 bits per heavy atom. The van der Waals surface area contributed by atoms with E-state index in [9.17, 15) is 14.0 Å². The van der Waals surface area contributed by atoms with Crippen molar-refractivity contribution in [1.29, 1.82) is 0 Å². The summed E-state index contributed by atoms with van der Waals surface area (Å²) in [6.07, 6.45) is 5.02. The molecule has 0 saturated carbocycles. The number of halogens is 2. The summed E-state index contributed by atoms with van der Waals surface area (Å²) in [6.45, 7) is 2.66. The van der Waals surface area contributed by atoms with Gasteiger partial charge in [-0.15, -0.1) is 0 Å². The minimum absolute atomic E-state index is 0.271. The van der Waals surface area contributed by atoms with Crippen LogP contribution in [0.25, 0.3) is 0 Å². The van der Waals surface area contributed by atoms with Crippen molar-refractivity contribution in [2.45, 2.75) is 31.8 Å². The van der Waals surface area contributed by atoms with Crippen LogP contribution in [0.2, 0.25) is 0 Å². The Kier molecular flexibility index (Phi) is 7.98. The predicted molar refractivity (Wildman–Crippen MR) is 138 cm³/mol. The summed E-state index contributed by atoms with van der Waals surface area (Å²) in [7, 11) is 0. The quantitative estimate of drug-likeness (QED) is 0.185. The van der Waals surface area contributed by atoms with Gasteiger partial charge < -0.3 is 10.1 Å². The summed E-state index contributed by atoms with van der Waals surface area (Å²) in [6, 6.07) is 19.3.